The van der Waals surface area contributed by atoms with Crippen LogP contribution in [0, 0.1) is 13.8 Å². The van der Waals surface area contributed by atoms with Gasteiger partial charge in [-0.2, -0.15) is 0 Å². The van der Waals surface area contributed by atoms with Crippen LogP contribution in [0.3, 0.4) is 0 Å². The second kappa shape index (κ2) is 6.80. The van der Waals surface area contributed by atoms with Crippen LogP contribution in [0.1, 0.15) is 36.8 Å². The SMILES string of the molecule is Cc1cc(C=C2C(=O)NC(=O)N(c3ccc4c(c3)OCO4)C2=O)c(C)n1C(C)C. The molecule has 1 aromatic carbocycles. The van der Waals surface area contributed by atoms with Gasteiger partial charge in [-0.25, -0.2) is 9.69 Å². The highest BCUT2D eigenvalue weighted by Gasteiger charge is 2.37. The molecule has 2 aromatic rings. The lowest BCUT2D eigenvalue weighted by Gasteiger charge is -2.26. The number of imide groups is 2. The van der Waals surface area contributed by atoms with E-state index < -0.39 is 17.8 Å². The third-order valence-electron chi connectivity index (χ3n) is 5.06. The molecule has 0 aliphatic carbocycles. The first-order valence-corrected chi connectivity index (χ1v) is 9.27. The van der Waals surface area contributed by atoms with Gasteiger partial charge in [0.15, 0.2) is 11.5 Å². The maximum absolute atomic E-state index is 13.1. The molecule has 8 nitrogen and oxygen atoms in total. The fraction of sp³-hybridized carbons (Fsp3) is 0.286. The summed E-state index contributed by atoms with van der Waals surface area (Å²) in [7, 11) is 0. The molecule has 29 heavy (non-hydrogen) atoms. The fourth-order valence-electron chi connectivity index (χ4n) is 3.82. The quantitative estimate of drug-likeness (QED) is 0.637. The molecule has 1 aromatic heterocycles. The second-order valence-corrected chi connectivity index (χ2v) is 7.29. The minimum atomic E-state index is -0.802. The number of carbonyl (C=O) groups is 3. The van der Waals surface area contributed by atoms with Crippen molar-refractivity contribution in [1.82, 2.24) is 9.88 Å². The zero-order valence-electron chi connectivity index (χ0n) is 16.6. The molecule has 3 heterocycles. The van der Waals surface area contributed by atoms with Crippen molar-refractivity contribution in [3.05, 3.63) is 46.8 Å². The molecule has 0 unspecified atom stereocenters. The molecule has 0 spiro atoms. The van der Waals surface area contributed by atoms with E-state index in [1.165, 1.54) is 12.1 Å². The van der Waals surface area contributed by atoms with E-state index in [0.717, 1.165) is 21.9 Å². The maximum atomic E-state index is 13.1. The molecule has 4 amide bonds. The first-order valence-electron chi connectivity index (χ1n) is 9.27. The van der Waals surface area contributed by atoms with Crippen LogP contribution >= 0.6 is 0 Å². The summed E-state index contributed by atoms with van der Waals surface area (Å²) in [6.45, 7) is 8.12. The second-order valence-electron chi connectivity index (χ2n) is 7.29. The van der Waals surface area contributed by atoms with E-state index in [1.54, 1.807) is 12.1 Å². The minimum absolute atomic E-state index is 0.0774. The Bertz CT molecular complexity index is 1080. The average Bonchev–Trinajstić information content (AvgIpc) is 3.22. The molecule has 0 atom stereocenters. The monoisotopic (exact) mass is 395 g/mol. The first-order chi connectivity index (χ1) is 13.8. The van der Waals surface area contributed by atoms with Crippen LogP contribution in [-0.4, -0.2) is 29.2 Å². The number of hydrogen-bond donors (Lipinski definition) is 1. The van der Waals surface area contributed by atoms with E-state index in [4.69, 9.17) is 9.47 Å². The molecule has 150 valence electrons. The molecule has 0 saturated carbocycles. The smallest absolute Gasteiger partial charge is 0.335 e. The molecule has 0 bridgehead atoms. The molecule has 8 heteroatoms. The maximum Gasteiger partial charge on any atom is 0.335 e. The highest BCUT2D eigenvalue weighted by molar-refractivity contribution is 6.39. The van der Waals surface area contributed by atoms with Crippen LogP contribution in [0.5, 0.6) is 11.5 Å². The topological polar surface area (TPSA) is 89.9 Å². The summed E-state index contributed by atoms with van der Waals surface area (Å²) < 4.78 is 12.7. The summed E-state index contributed by atoms with van der Waals surface area (Å²) in [6.07, 6.45) is 1.53. The van der Waals surface area contributed by atoms with Crippen molar-refractivity contribution in [2.75, 3.05) is 11.7 Å². The number of anilines is 1. The van der Waals surface area contributed by atoms with Gasteiger partial charge >= 0.3 is 6.03 Å². The Hall–Kier alpha value is -3.55. The number of hydrogen-bond acceptors (Lipinski definition) is 5. The molecule has 1 saturated heterocycles. The molecule has 2 aliphatic heterocycles. The standard InChI is InChI=1S/C21H21N3O5/c1-11(2)23-12(3)7-14(13(23)4)8-16-19(25)22-21(27)24(20(16)26)15-5-6-17-18(9-15)29-10-28-17/h5-9,11H,10H2,1-4H3,(H,22,25,27). The van der Waals surface area contributed by atoms with Crippen molar-refractivity contribution < 1.29 is 23.9 Å². The van der Waals surface area contributed by atoms with Gasteiger partial charge in [0.1, 0.15) is 5.57 Å². The number of urea groups is 1. The van der Waals surface area contributed by atoms with Gasteiger partial charge in [-0.1, -0.05) is 0 Å². The largest absolute Gasteiger partial charge is 0.454 e. The lowest BCUT2D eigenvalue weighted by atomic mass is 10.1. The summed E-state index contributed by atoms with van der Waals surface area (Å²) in [4.78, 5) is 38.8. The van der Waals surface area contributed by atoms with Gasteiger partial charge in [0.2, 0.25) is 6.79 Å². The predicted octanol–water partition coefficient (Wildman–Crippen LogP) is 3.08. The van der Waals surface area contributed by atoms with Gasteiger partial charge in [0.25, 0.3) is 11.8 Å². The van der Waals surface area contributed by atoms with Crippen LogP contribution in [0.25, 0.3) is 6.08 Å². The third kappa shape index (κ3) is 3.06. The van der Waals surface area contributed by atoms with Gasteiger partial charge in [-0.05, 0) is 57.5 Å². The highest BCUT2D eigenvalue weighted by atomic mass is 16.7. The zero-order chi connectivity index (χ0) is 20.9. The van der Waals surface area contributed by atoms with Crippen molar-refractivity contribution in [3.8, 4) is 11.5 Å². The van der Waals surface area contributed by atoms with E-state index in [2.05, 4.69) is 23.7 Å². The summed E-state index contributed by atoms with van der Waals surface area (Å²) in [6, 6.07) is 6.09. The van der Waals surface area contributed by atoms with Crippen LogP contribution in [-0.2, 0) is 9.59 Å². The molecule has 1 N–H and O–H groups in total. The van der Waals surface area contributed by atoms with Crippen LogP contribution in [0.15, 0.2) is 29.8 Å². The lowest BCUT2D eigenvalue weighted by molar-refractivity contribution is -0.122. The number of nitrogens with zero attached hydrogens (tertiary/aromatic N) is 2. The normalized spacial score (nSPS) is 17.5. The Balaban J connectivity index is 1.74. The molecule has 1 fully saturated rings. The van der Waals surface area contributed by atoms with Crippen molar-refractivity contribution >= 4 is 29.6 Å². The van der Waals surface area contributed by atoms with Gasteiger partial charge in [0, 0.05) is 23.5 Å². The number of amides is 4. The molecule has 0 radical (unpaired) electrons. The number of fused-ring (bicyclic) bond motifs is 1. The number of benzene rings is 1. The first kappa shape index (κ1) is 18.8. The van der Waals surface area contributed by atoms with Crippen molar-refractivity contribution in [2.24, 2.45) is 0 Å². The zero-order valence-corrected chi connectivity index (χ0v) is 16.6. The fourth-order valence-corrected chi connectivity index (χ4v) is 3.82. The summed E-state index contributed by atoms with van der Waals surface area (Å²) in [5, 5.41) is 2.24. The van der Waals surface area contributed by atoms with Crippen molar-refractivity contribution in [1.29, 1.82) is 0 Å². The number of rotatable bonds is 3. The van der Waals surface area contributed by atoms with E-state index in [0.29, 0.717) is 17.2 Å². The Morgan fingerprint density at radius 2 is 1.79 bits per heavy atom. The third-order valence-corrected chi connectivity index (χ3v) is 5.06. The number of aromatic nitrogens is 1. The van der Waals surface area contributed by atoms with E-state index in [-0.39, 0.29) is 18.4 Å². The number of carbonyl (C=O) groups excluding carboxylic acids is 3. The number of barbiturate groups is 1. The van der Waals surface area contributed by atoms with Crippen molar-refractivity contribution in [3.63, 3.8) is 0 Å². The summed E-state index contributed by atoms with van der Waals surface area (Å²) in [5.74, 6) is -0.434. The lowest BCUT2D eigenvalue weighted by Crippen LogP contribution is -2.54. The predicted molar refractivity (Wildman–Crippen MR) is 106 cm³/mol. The van der Waals surface area contributed by atoms with Crippen molar-refractivity contribution in [2.45, 2.75) is 33.7 Å². The summed E-state index contributed by atoms with van der Waals surface area (Å²) in [5.41, 5.74) is 2.91. The van der Waals surface area contributed by atoms with Crippen LogP contribution in [0.4, 0.5) is 10.5 Å². The minimum Gasteiger partial charge on any atom is -0.454 e. The highest BCUT2D eigenvalue weighted by Crippen LogP contribution is 2.36. The van der Waals surface area contributed by atoms with Crippen LogP contribution in [0.2, 0.25) is 0 Å². The summed E-state index contributed by atoms with van der Waals surface area (Å²) >= 11 is 0. The van der Waals surface area contributed by atoms with E-state index >= 15 is 0 Å². The average molecular weight is 395 g/mol. The number of nitrogens with one attached hydrogen (secondary N) is 1. The van der Waals surface area contributed by atoms with E-state index in [1.807, 2.05) is 19.9 Å². The molecule has 2 aliphatic rings. The Labute approximate surface area is 167 Å². The molecular weight excluding hydrogens is 374 g/mol. The Morgan fingerprint density at radius 3 is 2.48 bits per heavy atom. The van der Waals surface area contributed by atoms with Gasteiger partial charge in [-0.3, -0.25) is 14.9 Å². The number of aryl methyl sites for hydroxylation is 1. The molecule has 4 rings (SSSR count). The Kier molecular flexibility index (Phi) is 4.41. The van der Waals surface area contributed by atoms with E-state index in [9.17, 15) is 14.4 Å². The van der Waals surface area contributed by atoms with Crippen LogP contribution < -0.4 is 19.7 Å². The molecular formula is C21H21N3O5. The Morgan fingerprint density at radius 1 is 1.07 bits per heavy atom. The number of ether oxygens (including phenoxy) is 2. The van der Waals surface area contributed by atoms with Gasteiger partial charge in [-0.15, -0.1) is 0 Å². The van der Waals surface area contributed by atoms with Gasteiger partial charge in [0.05, 0.1) is 5.69 Å². The van der Waals surface area contributed by atoms with Gasteiger partial charge < -0.3 is 14.0 Å².